The van der Waals surface area contributed by atoms with Gasteiger partial charge in [0.15, 0.2) is 5.78 Å². The van der Waals surface area contributed by atoms with E-state index in [0.717, 1.165) is 5.56 Å². The predicted octanol–water partition coefficient (Wildman–Crippen LogP) is 5.08. The number of rotatable bonds is 9. The number of hydrogen-bond acceptors (Lipinski definition) is 7. The van der Waals surface area contributed by atoms with E-state index >= 15 is 0 Å². The number of esters is 1. The second kappa shape index (κ2) is 11.2. The van der Waals surface area contributed by atoms with E-state index in [1.54, 1.807) is 49.4 Å². The topological polar surface area (TPSA) is 97.6 Å². The van der Waals surface area contributed by atoms with Crippen LogP contribution in [0.1, 0.15) is 22.8 Å². The number of Topliss-reactive ketones (excluding diaryl/α,β-unsaturated/α-hetero) is 1. The molecule has 2 atom stereocenters. The molecule has 7 heteroatoms. The van der Waals surface area contributed by atoms with Crippen molar-refractivity contribution in [3.05, 3.63) is 101 Å². The number of allylic oxidation sites excluding steroid dienone is 1. The lowest BCUT2D eigenvalue weighted by Gasteiger charge is -2.22. The molecule has 0 spiro atoms. The molecule has 0 aliphatic heterocycles. The highest BCUT2D eigenvalue weighted by atomic mass is 16.5. The summed E-state index contributed by atoms with van der Waals surface area (Å²) in [4.78, 5) is 24.2. The zero-order valence-electron chi connectivity index (χ0n) is 18.6. The summed E-state index contributed by atoms with van der Waals surface area (Å²) in [6, 6.07) is 15.5. The van der Waals surface area contributed by atoms with Crippen molar-refractivity contribution in [2.75, 3.05) is 13.7 Å². The number of carbonyl (C=O) groups is 2. The molecule has 7 nitrogen and oxygen atoms in total. The van der Waals surface area contributed by atoms with E-state index < -0.39 is 18.1 Å². The SMILES string of the molecule is C=C(C)C(=O)OCCc1ccc(N=NC2C=C(C(=O)c3ccccc3)C(O)=CC2OC)cc1. The minimum Gasteiger partial charge on any atom is -0.507 e. The van der Waals surface area contributed by atoms with Crippen LogP contribution < -0.4 is 0 Å². The van der Waals surface area contributed by atoms with E-state index in [4.69, 9.17) is 9.47 Å². The van der Waals surface area contributed by atoms with Gasteiger partial charge in [-0.2, -0.15) is 10.2 Å². The lowest BCUT2D eigenvalue weighted by molar-refractivity contribution is -0.138. The minimum absolute atomic E-state index is 0.140. The summed E-state index contributed by atoms with van der Waals surface area (Å²) < 4.78 is 10.5. The van der Waals surface area contributed by atoms with Crippen LogP contribution in [0.3, 0.4) is 0 Å². The van der Waals surface area contributed by atoms with E-state index in [1.165, 1.54) is 13.2 Å². The van der Waals surface area contributed by atoms with Gasteiger partial charge in [0.05, 0.1) is 17.9 Å². The lowest BCUT2D eigenvalue weighted by atomic mass is 9.93. The molecule has 2 aromatic carbocycles. The van der Waals surface area contributed by atoms with Crippen LogP contribution in [0.15, 0.2) is 100 Å². The molecular formula is C26H26N2O5. The molecule has 1 N–H and O–H groups in total. The normalized spacial score (nSPS) is 17.9. The van der Waals surface area contributed by atoms with Crippen molar-refractivity contribution < 1.29 is 24.2 Å². The van der Waals surface area contributed by atoms with Crippen LogP contribution >= 0.6 is 0 Å². The number of methoxy groups -OCH3 is 1. The first kappa shape index (κ1) is 23.8. The Morgan fingerprint density at radius 2 is 1.76 bits per heavy atom. The number of hydrogen-bond donors (Lipinski definition) is 1. The average molecular weight is 447 g/mol. The van der Waals surface area contributed by atoms with Gasteiger partial charge in [0, 0.05) is 24.7 Å². The van der Waals surface area contributed by atoms with Crippen molar-refractivity contribution in [1.82, 2.24) is 0 Å². The first-order valence-corrected chi connectivity index (χ1v) is 10.5. The van der Waals surface area contributed by atoms with E-state index in [1.807, 2.05) is 18.2 Å². The second-order valence-electron chi connectivity index (χ2n) is 7.57. The Morgan fingerprint density at radius 3 is 2.39 bits per heavy atom. The molecule has 0 bridgehead atoms. The maximum atomic E-state index is 12.8. The first-order valence-electron chi connectivity index (χ1n) is 10.5. The van der Waals surface area contributed by atoms with Crippen LogP contribution in [0.2, 0.25) is 0 Å². The third kappa shape index (κ3) is 6.33. The van der Waals surface area contributed by atoms with E-state index in [9.17, 15) is 14.7 Å². The summed E-state index contributed by atoms with van der Waals surface area (Å²) in [5.74, 6) is -0.839. The number of ether oxygens (including phenoxy) is 2. The number of ketones is 1. The van der Waals surface area contributed by atoms with Crippen LogP contribution in [-0.2, 0) is 20.7 Å². The van der Waals surface area contributed by atoms with Gasteiger partial charge in [-0.05, 0) is 36.8 Å². The second-order valence-corrected chi connectivity index (χ2v) is 7.57. The fraction of sp³-hybridized carbons (Fsp3) is 0.231. The zero-order chi connectivity index (χ0) is 23.8. The highest BCUT2D eigenvalue weighted by Gasteiger charge is 2.28. The van der Waals surface area contributed by atoms with Crippen LogP contribution in [-0.4, -0.2) is 42.7 Å². The quantitative estimate of drug-likeness (QED) is 0.251. The fourth-order valence-corrected chi connectivity index (χ4v) is 3.19. The molecule has 3 rings (SSSR count). The summed E-state index contributed by atoms with van der Waals surface area (Å²) in [6.45, 7) is 5.42. The van der Waals surface area contributed by atoms with Crippen LogP contribution in [0.25, 0.3) is 0 Å². The van der Waals surface area contributed by atoms with Gasteiger partial charge < -0.3 is 14.6 Å². The third-order valence-electron chi connectivity index (χ3n) is 5.04. The van der Waals surface area contributed by atoms with Gasteiger partial charge in [0.2, 0.25) is 0 Å². The Hall–Kier alpha value is -3.84. The molecule has 0 radical (unpaired) electrons. The van der Waals surface area contributed by atoms with Gasteiger partial charge in [-0.3, -0.25) is 4.79 Å². The third-order valence-corrected chi connectivity index (χ3v) is 5.04. The highest BCUT2D eigenvalue weighted by Crippen LogP contribution is 2.26. The largest absolute Gasteiger partial charge is 0.507 e. The molecule has 1 aliphatic carbocycles. The van der Waals surface area contributed by atoms with Gasteiger partial charge in [0.1, 0.15) is 17.9 Å². The summed E-state index contributed by atoms with van der Waals surface area (Å²) in [7, 11) is 1.50. The molecule has 2 aromatic rings. The maximum absolute atomic E-state index is 12.8. The number of aliphatic hydroxyl groups excluding tert-OH is 1. The molecule has 170 valence electrons. The average Bonchev–Trinajstić information content (AvgIpc) is 2.83. The van der Waals surface area contributed by atoms with Crippen LogP contribution in [0.4, 0.5) is 5.69 Å². The Bertz CT molecular complexity index is 1100. The smallest absolute Gasteiger partial charge is 0.333 e. The number of azo groups is 1. The predicted molar refractivity (Wildman–Crippen MR) is 125 cm³/mol. The summed E-state index contributed by atoms with van der Waals surface area (Å²) in [5, 5.41) is 19.0. The maximum Gasteiger partial charge on any atom is 0.333 e. The lowest BCUT2D eigenvalue weighted by Crippen LogP contribution is -2.28. The minimum atomic E-state index is -0.574. The van der Waals surface area contributed by atoms with Gasteiger partial charge in [-0.25, -0.2) is 4.79 Å². The number of benzene rings is 2. The Kier molecular flexibility index (Phi) is 8.05. The van der Waals surface area contributed by atoms with E-state index in [-0.39, 0.29) is 23.7 Å². The molecule has 0 aromatic heterocycles. The Labute approximate surface area is 192 Å². The number of nitrogens with zero attached hydrogens (tertiary/aromatic N) is 2. The molecular weight excluding hydrogens is 420 g/mol. The van der Waals surface area contributed by atoms with Crippen molar-refractivity contribution >= 4 is 17.4 Å². The summed E-state index contributed by atoms with van der Waals surface area (Å²) >= 11 is 0. The summed E-state index contributed by atoms with van der Waals surface area (Å²) in [6.07, 6.45) is 3.06. The molecule has 0 saturated heterocycles. The molecule has 0 fully saturated rings. The molecule has 2 unspecified atom stereocenters. The Balaban J connectivity index is 1.69. The van der Waals surface area contributed by atoms with Crippen LogP contribution in [0.5, 0.6) is 0 Å². The van der Waals surface area contributed by atoms with E-state index in [2.05, 4.69) is 16.8 Å². The Morgan fingerprint density at radius 1 is 1.06 bits per heavy atom. The molecule has 33 heavy (non-hydrogen) atoms. The van der Waals surface area contributed by atoms with Crippen molar-refractivity contribution in [1.29, 1.82) is 0 Å². The van der Waals surface area contributed by atoms with Gasteiger partial charge >= 0.3 is 5.97 Å². The monoisotopic (exact) mass is 446 g/mol. The van der Waals surface area contributed by atoms with Crippen LogP contribution in [0, 0.1) is 0 Å². The van der Waals surface area contributed by atoms with E-state index in [0.29, 0.717) is 23.2 Å². The van der Waals surface area contributed by atoms with Crippen molar-refractivity contribution in [2.45, 2.75) is 25.5 Å². The molecule has 0 heterocycles. The van der Waals surface area contributed by atoms with Gasteiger partial charge in [-0.1, -0.05) is 49.0 Å². The molecule has 0 saturated carbocycles. The van der Waals surface area contributed by atoms with Crippen molar-refractivity contribution in [3.8, 4) is 0 Å². The standard InChI is InChI=1S/C26H26N2O5/c1-17(2)26(31)33-14-13-18-9-11-20(12-10-18)27-28-22-15-21(23(29)16-24(22)32-3)25(30)19-7-5-4-6-8-19/h4-12,15-16,22,24,29H,1,13-14H2,2-3H3. The van der Waals surface area contributed by atoms with Gasteiger partial charge in [0.25, 0.3) is 0 Å². The zero-order valence-corrected chi connectivity index (χ0v) is 18.6. The summed E-state index contributed by atoms with van der Waals surface area (Å²) in [5.41, 5.74) is 2.61. The van der Waals surface area contributed by atoms with Crippen molar-refractivity contribution in [3.63, 3.8) is 0 Å². The van der Waals surface area contributed by atoms with Gasteiger partial charge in [-0.15, -0.1) is 0 Å². The molecule has 0 amide bonds. The van der Waals surface area contributed by atoms with Crippen molar-refractivity contribution in [2.24, 2.45) is 10.2 Å². The first-order chi connectivity index (χ1) is 15.9. The molecule has 1 aliphatic rings. The highest BCUT2D eigenvalue weighted by molar-refractivity contribution is 6.11. The number of aliphatic hydroxyl groups is 1. The number of carbonyl (C=O) groups excluding carboxylic acids is 2. The fourth-order valence-electron chi connectivity index (χ4n) is 3.19.